The van der Waals surface area contributed by atoms with Gasteiger partial charge in [0.2, 0.25) is 5.91 Å². The van der Waals surface area contributed by atoms with E-state index in [0.29, 0.717) is 19.6 Å². The van der Waals surface area contributed by atoms with Crippen LogP contribution in [0.1, 0.15) is 71.1 Å². The number of hydrogen-bond donors (Lipinski definition) is 0. The van der Waals surface area contributed by atoms with Gasteiger partial charge in [0.25, 0.3) is 0 Å². The summed E-state index contributed by atoms with van der Waals surface area (Å²) >= 11 is 3.52. The standard InChI is InChI=1S/C17H34BrNO2/c1-4-5-6-7-8-9-10-11-12-13-17(20)19(2)14-16(18)15-21-3/h16H,4-15H2,1-3H3. The van der Waals surface area contributed by atoms with Gasteiger partial charge in [0, 0.05) is 27.1 Å². The Hall–Kier alpha value is -0.0900. The fourth-order valence-corrected chi connectivity index (χ4v) is 3.11. The molecule has 1 unspecified atom stereocenters. The molecule has 0 aromatic heterocycles. The van der Waals surface area contributed by atoms with Crippen molar-refractivity contribution in [2.24, 2.45) is 0 Å². The maximum atomic E-state index is 12.0. The molecule has 0 bridgehead atoms. The van der Waals surface area contributed by atoms with Crippen molar-refractivity contribution in [1.29, 1.82) is 0 Å². The van der Waals surface area contributed by atoms with Crippen LogP contribution in [0.15, 0.2) is 0 Å². The lowest BCUT2D eigenvalue weighted by molar-refractivity contribution is -0.130. The van der Waals surface area contributed by atoms with Gasteiger partial charge in [0.05, 0.1) is 11.4 Å². The number of unbranched alkanes of at least 4 members (excludes halogenated alkanes) is 8. The first-order chi connectivity index (χ1) is 10.1. The van der Waals surface area contributed by atoms with Crippen molar-refractivity contribution in [3.8, 4) is 0 Å². The lowest BCUT2D eigenvalue weighted by Gasteiger charge is -2.20. The summed E-state index contributed by atoms with van der Waals surface area (Å²) in [5.74, 6) is 0.249. The third-order valence-corrected chi connectivity index (χ3v) is 4.29. The molecule has 0 rings (SSSR count). The first-order valence-corrected chi connectivity index (χ1v) is 9.40. The van der Waals surface area contributed by atoms with Crippen LogP contribution < -0.4 is 0 Å². The Kier molecular flexibility index (Phi) is 14.8. The number of nitrogens with zero attached hydrogens (tertiary/aromatic N) is 1. The Morgan fingerprint density at radius 3 is 2.10 bits per heavy atom. The van der Waals surface area contributed by atoms with E-state index in [1.54, 1.807) is 7.11 Å². The number of carbonyl (C=O) groups is 1. The first kappa shape index (κ1) is 20.9. The molecule has 0 N–H and O–H groups in total. The highest BCUT2D eigenvalue weighted by atomic mass is 79.9. The number of carbonyl (C=O) groups excluding carboxylic acids is 1. The Labute approximate surface area is 139 Å². The van der Waals surface area contributed by atoms with E-state index in [2.05, 4.69) is 22.9 Å². The van der Waals surface area contributed by atoms with Gasteiger partial charge >= 0.3 is 0 Å². The molecule has 4 heteroatoms. The van der Waals surface area contributed by atoms with E-state index >= 15 is 0 Å². The quantitative estimate of drug-likeness (QED) is 0.328. The van der Waals surface area contributed by atoms with E-state index in [0.717, 1.165) is 6.42 Å². The van der Waals surface area contributed by atoms with Crippen LogP contribution >= 0.6 is 15.9 Å². The summed E-state index contributed by atoms with van der Waals surface area (Å²) in [7, 11) is 3.55. The van der Waals surface area contributed by atoms with E-state index in [1.165, 1.54) is 51.4 Å². The molecule has 21 heavy (non-hydrogen) atoms. The number of alkyl halides is 1. The lowest BCUT2D eigenvalue weighted by Crippen LogP contribution is -2.33. The van der Waals surface area contributed by atoms with Gasteiger partial charge in [0.1, 0.15) is 0 Å². The number of methoxy groups -OCH3 is 1. The first-order valence-electron chi connectivity index (χ1n) is 8.48. The van der Waals surface area contributed by atoms with Crippen LogP contribution in [0.2, 0.25) is 0 Å². The fourth-order valence-electron chi connectivity index (χ4n) is 2.41. The predicted octanol–water partition coefficient (Wildman–Crippen LogP) is 4.78. The van der Waals surface area contributed by atoms with E-state index in [9.17, 15) is 4.79 Å². The van der Waals surface area contributed by atoms with Crippen molar-refractivity contribution in [3.63, 3.8) is 0 Å². The van der Waals surface area contributed by atoms with Gasteiger partial charge in [-0.05, 0) is 6.42 Å². The average Bonchev–Trinajstić information content (AvgIpc) is 2.45. The van der Waals surface area contributed by atoms with Crippen LogP contribution in [0.3, 0.4) is 0 Å². The second kappa shape index (κ2) is 14.8. The van der Waals surface area contributed by atoms with Gasteiger partial charge in [-0.25, -0.2) is 0 Å². The highest BCUT2D eigenvalue weighted by molar-refractivity contribution is 9.09. The van der Waals surface area contributed by atoms with Gasteiger partial charge in [-0.3, -0.25) is 4.79 Å². The topological polar surface area (TPSA) is 29.5 Å². The summed E-state index contributed by atoms with van der Waals surface area (Å²) in [6.07, 6.45) is 12.3. The Balaban J connectivity index is 3.44. The third-order valence-electron chi connectivity index (χ3n) is 3.74. The number of hydrogen-bond acceptors (Lipinski definition) is 2. The summed E-state index contributed by atoms with van der Waals surface area (Å²) in [5.41, 5.74) is 0. The molecule has 1 amide bonds. The molecule has 0 radical (unpaired) electrons. The molecule has 0 aromatic rings. The van der Waals surface area contributed by atoms with Gasteiger partial charge in [0.15, 0.2) is 0 Å². The molecule has 0 aliphatic heterocycles. The zero-order valence-corrected chi connectivity index (χ0v) is 15.8. The predicted molar refractivity (Wildman–Crippen MR) is 94.1 cm³/mol. The Morgan fingerprint density at radius 1 is 1.05 bits per heavy atom. The van der Waals surface area contributed by atoms with Crippen molar-refractivity contribution < 1.29 is 9.53 Å². The minimum absolute atomic E-state index is 0.222. The average molecular weight is 364 g/mol. The van der Waals surface area contributed by atoms with Crippen LogP contribution in [-0.2, 0) is 9.53 Å². The van der Waals surface area contributed by atoms with Crippen LogP contribution in [-0.4, -0.2) is 42.9 Å². The van der Waals surface area contributed by atoms with Crippen molar-refractivity contribution >= 4 is 21.8 Å². The van der Waals surface area contributed by atoms with Crippen LogP contribution in [0.4, 0.5) is 0 Å². The zero-order chi connectivity index (χ0) is 15.9. The maximum absolute atomic E-state index is 12.0. The second-order valence-electron chi connectivity index (χ2n) is 5.91. The van der Waals surface area contributed by atoms with Crippen LogP contribution in [0, 0.1) is 0 Å². The fraction of sp³-hybridized carbons (Fsp3) is 0.941. The number of amides is 1. The van der Waals surface area contributed by atoms with E-state index in [-0.39, 0.29) is 10.7 Å². The molecule has 0 aromatic carbocycles. The molecule has 0 fully saturated rings. The highest BCUT2D eigenvalue weighted by Crippen LogP contribution is 2.11. The minimum Gasteiger partial charge on any atom is -0.383 e. The molecule has 0 saturated heterocycles. The molecule has 0 aliphatic rings. The molecule has 0 spiro atoms. The van der Waals surface area contributed by atoms with Gasteiger partial charge in [-0.1, -0.05) is 74.2 Å². The lowest BCUT2D eigenvalue weighted by atomic mass is 10.1. The summed E-state index contributed by atoms with van der Waals surface area (Å²) in [6, 6.07) is 0. The molecule has 126 valence electrons. The summed E-state index contributed by atoms with van der Waals surface area (Å²) in [6.45, 7) is 3.60. The molecule has 0 aliphatic carbocycles. The SMILES string of the molecule is CCCCCCCCCCCC(=O)N(C)CC(Br)COC. The van der Waals surface area contributed by atoms with Crippen LogP contribution in [0.5, 0.6) is 0 Å². The minimum atomic E-state index is 0.222. The normalized spacial score (nSPS) is 12.4. The van der Waals surface area contributed by atoms with E-state index < -0.39 is 0 Å². The molecule has 0 heterocycles. The smallest absolute Gasteiger partial charge is 0.222 e. The number of halogens is 1. The molecule has 3 nitrogen and oxygen atoms in total. The van der Waals surface area contributed by atoms with Crippen molar-refractivity contribution in [3.05, 3.63) is 0 Å². The van der Waals surface area contributed by atoms with Crippen LogP contribution in [0.25, 0.3) is 0 Å². The van der Waals surface area contributed by atoms with Crippen molar-refractivity contribution in [1.82, 2.24) is 4.90 Å². The Bertz CT molecular complexity index is 249. The zero-order valence-electron chi connectivity index (χ0n) is 14.2. The number of rotatable bonds is 14. The highest BCUT2D eigenvalue weighted by Gasteiger charge is 2.12. The monoisotopic (exact) mass is 363 g/mol. The van der Waals surface area contributed by atoms with Gasteiger partial charge in [-0.15, -0.1) is 0 Å². The number of ether oxygens (including phenoxy) is 1. The molecular weight excluding hydrogens is 330 g/mol. The van der Waals surface area contributed by atoms with Gasteiger partial charge in [-0.2, -0.15) is 0 Å². The molecular formula is C17H34BrNO2. The van der Waals surface area contributed by atoms with E-state index in [1.807, 2.05) is 11.9 Å². The summed E-state index contributed by atoms with van der Waals surface area (Å²) in [4.78, 5) is 14.0. The van der Waals surface area contributed by atoms with Crippen molar-refractivity contribution in [2.75, 3.05) is 27.3 Å². The molecule has 0 saturated carbocycles. The summed E-state index contributed by atoms with van der Waals surface area (Å²) in [5, 5.41) is 0. The van der Waals surface area contributed by atoms with Crippen molar-refractivity contribution in [2.45, 2.75) is 76.0 Å². The second-order valence-corrected chi connectivity index (χ2v) is 7.20. The Morgan fingerprint density at radius 2 is 1.57 bits per heavy atom. The van der Waals surface area contributed by atoms with E-state index in [4.69, 9.17) is 4.74 Å². The largest absolute Gasteiger partial charge is 0.383 e. The maximum Gasteiger partial charge on any atom is 0.222 e. The molecule has 1 atom stereocenters. The summed E-state index contributed by atoms with van der Waals surface area (Å²) < 4.78 is 5.06. The third kappa shape index (κ3) is 13.3. The van der Waals surface area contributed by atoms with Gasteiger partial charge < -0.3 is 9.64 Å².